The van der Waals surface area contributed by atoms with Gasteiger partial charge in [-0.3, -0.25) is 0 Å². The van der Waals surface area contributed by atoms with E-state index >= 15 is 0 Å². The first-order valence-electron chi connectivity index (χ1n) is 8.77. The summed E-state index contributed by atoms with van der Waals surface area (Å²) in [6.07, 6.45) is 2.68. The van der Waals surface area contributed by atoms with E-state index in [9.17, 15) is 9.18 Å². The normalized spacial score (nSPS) is 19.8. The first-order valence-corrected chi connectivity index (χ1v) is 8.77. The van der Waals surface area contributed by atoms with E-state index in [4.69, 9.17) is 4.74 Å². The Labute approximate surface area is 152 Å². The Kier molecular flexibility index (Phi) is 5.99. The van der Waals surface area contributed by atoms with E-state index in [-0.39, 0.29) is 13.2 Å². The van der Waals surface area contributed by atoms with Gasteiger partial charge in [0, 0.05) is 25.5 Å². The van der Waals surface area contributed by atoms with Crippen molar-refractivity contribution in [1.82, 2.24) is 14.9 Å². The van der Waals surface area contributed by atoms with Gasteiger partial charge in [0.25, 0.3) is 0 Å². The maximum atomic E-state index is 14.4. The molecule has 1 fully saturated rings. The summed E-state index contributed by atoms with van der Waals surface area (Å²) in [5.74, 6) is 0.415. The number of hydrogen-bond acceptors (Lipinski definition) is 5. The van der Waals surface area contributed by atoms with Gasteiger partial charge in [-0.1, -0.05) is 29.8 Å². The van der Waals surface area contributed by atoms with Crippen molar-refractivity contribution in [2.24, 2.45) is 0 Å². The van der Waals surface area contributed by atoms with Crippen LogP contribution in [0.3, 0.4) is 0 Å². The second-order valence-electron chi connectivity index (χ2n) is 6.41. The van der Waals surface area contributed by atoms with Gasteiger partial charge in [0.1, 0.15) is 12.8 Å². The van der Waals surface area contributed by atoms with Crippen LogP contribution < -0.4 is 5.32 Å². The van der Waals surface area contributed by atoms with Crippen molar-refractivity contribution >= 4 is 12.0 Å². The van der Waals surface area contributed by atoms with Crippen LogP contribution in [0.1, 0.15) is 24.0 Å². The Morgan fingerprint density at radius 3 is 2.77 bits per heavy atom. The molecule has 1 aliphatic rings. The van der Waals surface area contributed by atoms with Crippen molar-refractivity contribution in [1.29, 1.82) is 0 Å². The van der Waals surface area contributed by atoms with Gasteiger partial charge in [0.15, 0.2) is 0 Å². The molecule has 3 rings (SSSR count). The van der Waals surface area contributed by atoms with E-state index in [1.807, 2.05) is 31.2 Å². The largest absolute Gasteiger partial charge is 0.445 e. The van der Waals surface area contributed by atoms with Crippen LogP contribution in [0, 0.1) is 6.92 Å². The second kappa shape index (κ2) is 8.60. The van der Waals surface area contributed by atoms with E-state index in [2.05, 4.69) is 15.3 Å². The Hall–Kier alpha value is -2.70. The van der Waals surface area contributed by atoms with Crippen LogP contribution in [0.4, 0.5) is 15.1 Å². The van der Waals surface area contributed by atoms with Gasteiger partial charge in [0.05, 0.1) is 6.04 Å². The van der Waals surface area contributed by atoms with Gasteiger partial charge >= 0.3 is 6.09 Å². The molecule has 26 heavy (non-hydrogen) atoms. The maximum Gasteiger partial charge on any atom is 0.410 e. The fourth-order valence-corrected chi connectivity index (χ4v) is 2.97. The third-order valence-electron chi connectivity index (χ3n) is 4.45. The Morgan fingerprint density at radius 1 is 1.31 bits per heavy atom. The number of halogens is 1. The summed E-state index contributed by atoms with van der Waals surface area (Å²) in [4.78, 5) is 22.1. The number of nitrogens with zero attached hydrogens (tertiary/aromatic N) is 3. The lowest BCUT2D eigenvalue weighted by molar-refractivity contribution is 0.0413. The number of ether oxygens (including phenoxy) is 1. The van der Waals surface area contributed by atoms with Crippen LogP contribution in [-0.2, 0) is 11.3 Å². The number of nitrogens with one attached hydrogen (secondary N) is 1. The van der Waals surface area contributed by atoms with Gasteiger partial charge in [-0.15, -0.1) is 0 Å². The zero-order chi connectivity index (χ0) is 18.4. The van der Waals surface area contributed by atoms with Crippen LogP contribution in [-0.4, -0.2) is 46.3 Å². The van der Waals surface area contributed by atoms with Crippen LogP contribution >= 0.6 is 0 Å². The van der Waals surface area contributed by atoms with Crippen molar-refractivity contribution < 1.29 is 13.9 Å². The molecule has 138 valence electrons. The molecule has 2 heterocycles. The number of benzene rings is 1. The maximum absolute atomic E-state index is 14.4. The summed E-state index contributed by atoms with van der Waals surface area (Å²) >= 11 is 0. The van der Waals surface area contributed by atoms with Crippen LogP contribution in [0.5, 0.6) is 0 Å². The number of hydrogen-bond donors (Lipinski definition) is 1. The zero-order valence-corrected chi connectivity index (χ0v) is 14.8. The minimum absolute atomic E-state index is 0.175. The molecule has 7 heteroatoms. The summed E-state index contributed by atoms with van der Waals surface area (Å²) in [5.41, 5.74) is 2.05. The van der Waals surface area contributed by atoms with E-state index in [0.29, 0.717) is 25.3 Å². The number of carbonyl (C=O) groups excluding carboxylic acids is 1. The van der Waals surface area contributed by atoms with E-state index in [0.717, 1.165) is 11.1 Å². The third kappa shape index (κ3) is 4.68. The number of carbonyl (C=O) groups is 1. The molecule has 1 saturated heterocycles. The highest BCUT2D eigenvalue weighted by Gasteiger charge is 2.35. The monoisotopic (exact) mass is 358 g/mol. The molecule has 6 nitrogen and oxygen atoms in total. The summed E-state index contributed by atoms with van der Waals surface area (Å²) in [7, 11) is 0. The van der Waals surface area contributed by atoms with Gasteiger partial charge in [-0.05, 0) is 31.4 Å². The summed E-state index contributed by atoms with van der Waals surface area (Å²) in [5, 5.41) is 3.00. The lowest BCUT2D eigenvalue weighted by Gasteiger charge is -2.37. The van der Waals surface area contributed by atoms with E-state index in [1.165, 1.54) is 4.90 Å². The summed E-state index contributed by atoms with van der Waals surface area (Å²) in [6.45, 7) is 2.90. The molecule has 0 bridgehead atoms. The molecule has 1 aromatic heterocycles. The van der Waals surface area contributed by atoms with Gasteiger partial charge in [-0.2, -0.15) is 0 Å². The molecule has 0 aliphatic carbocycles. The molecule has 2 atom stereocenters. The summed E-state index contributed by atoms with van der Waals surface area (Å²) in [6, 6.07) is 8.88. The number of amides is 1. The van der Waals surface area contributed by atoms with Crippen LogP contribution in [0.25, 0.3) is 0 Å². The zero-order valence-electron chi connectivity index (χ0n) is 14.8. The van der Waals surface area contributed by atoms with Gasteiger partial charge < -0.3 is 15.0 Å². The molecule has 0 spiro atoms. The SMILES string of the molecule is Cc1ccc(COC(=O)N2CCC[C@@H](F)C2CNc2ncccn2)cc1. The number of alkyl halides is 1. The molecule has 2 aromatic rings. The van der Waals surface area contributed by atoms with Crippen molar-refractivity contribution in [2.45, 2.75) is 38.6 Å². The molecule has 0 saturated carbocycles. The van der Waals surface area contributed by atoms with Crippen molar-refractivity contribution in [2.75, 3.05) is 18.4 Å². The summed E-state index contributed by atoms with van der Waals surface area (Å²) < 4.78 is 19.8. The highest BCUT2D eigenvalue weighted by atomic mass is 19.1. The first kappa shape index (κ1) is 18.1. The predicted molar refractivity (Wildman–Crippen MR) is 96.5 cm³/mol. The minimum Gasteiger partial charge on any atom is -0.445 e. The molecular weight excluding hydrogens is 335 g/mol. The molecule has 1 amide bonds. The fraction of sp³-hybridized carbons (Fsp3) is 0.421. The lowest BCUT2D eigenvalue weighted by atomic mass is 10.0. The second-order valence-corrected chi connectivity index (χ2v) is 6.41. The van der Waals surface area contributed by atoms with Crippen LogP contribution in [0.2, 0.25) is 0 Å². The highest BCUT2D eigenvalue weighted by molar-refractivity contribution is 5.68. The number of piperidine rings is 1. The van der Waals surface area contributed by atoms with Crippen LogP contribution in [0.15, 0.2) is 42.7 Å². The number of anilines is 1. The van der Waals surface area contributed by atoms with Crippen molar-refractivity contribution in [3.8, 4) is 0 Å². The smallest absolute Gasteiger partial charge is 0.410 e. The van der Waals surface area contributed by atoms with E-state index in [1.54, 1.807) is 18.5 Å². The van der Waals surface area contributed by atoms with Gasteiger partial charge in [0.2, 0.25) is 5.95 Å². The highest BCUT2D eigenvalue weighted by Crippen LogP contribution is 2.22. The molecule has 0 radical (unpaired) electrons. The minimum atomic E-state index is -1.10. The Bertz CT molecular complexity index is 711. The molecule has 1 N–H and O–H groups in total. The lowest BCUT2D eigenvalue weighted by Crippen LogP contribution is -2.53. The topological polar surface area (TPSA) is 67.3 Å². The third-order valence-corrected chi connectivity index (χ3v) is 4.45. The Morgan fingerprint density at radius 2 is 2.04 bits per heavy atom. The van der Waals surface area contributed by atoms with Crippen molar-refractivity contribution in [3.63, 3.8) is 0 Å². The number of likely N-dealkylation sites (tertiary alicyclic amines) is 1. The predicted octanol–water partition coefficient (Wildman–Crippen LogP) is 3.34. The molecule has 1 aromatic carbocycles. The molecule has 1 unspecified atom stereocenters. The molecule has 1 aliphatic heterocycles. The quantitative estimate of drug-likeness (QED) is 0.888. The number of rotatable bonds is 5. The Balaban J connectivity index is 1.59. The van der Waals surface area contributed by atoms with Gasteiger partial charge in [-0.25, -0.2) is 19.2 Å². The van der Waals surface area contributed by atoms with Crippen molar-refractivity contribution in [3.05, 3.63) is 53.9 Å². The standard InChI is InChI=1S/C19H23FN4O2/c1-14-5-7-15(8-6-14)13-26-19(25)24-11-2-4-16(20)17(24)12-23-18-21-9-3-10-22-18/h3,5-10,16-17H,2,4,11-13H2,1H3,(H,21,22,23)/t16-,17?/m1/s1. The average molecular weight is 358 g/mol. The fourth-order valence-electron chi connectivity index (χ4n) is 2.97. The molecular formula is C19H23FN4O2. The number of aryl methyl sites for hydroxylation is 1. The average Bonchev–Trinajstić information content (AvgIpc) is 2.67. The number of aromatic nitrogens is 2. The van der Waals surface area contributed by atoms with E-state index < -0.39 is 18.3 Å². The first-order chi connectivity index (χ1) is 12.6.